The highest BCUT2D eigenvalue weighted by Crippen LogP contribution is 2.24. The second-order valence-electron chi connectivity index (χ2n) is 6.78. The summed E-state index contributed by atoms with van der Waals surface area (Å²) < 4.78 is 5.33. The van der Waals surface area contributed by atoms with Crippen LogP contribution in [0, 0.1) is 6.92 Å². The summed E-state index contributed by atoms with van der Waals surface area (Å²) in [6, 6.07) is 6.91. The molecule has 0 bridgehead atoms. The van der Waals surface area contributed by atoms with Crippen molar-refractivity contribution in [3.05, 3.63) is 52.8 Å². The van der Waals surface area contributed by atoms with Gasteiger partial charge in [-0.15, -0.1) is 0 Å². The Morgan fingerprint density at radius 2 is 2.04 bits per heavy atom. The Bertz CT molecular complexity index is 769. The lowest BCUT2D eigenvalue weighted by Gasteiger charge is -2.26. The van der Waals surface area contributed by atoms with Crippen LogP contribution in [0.4, 0.5) is 5.95 Å². The van der Waals surface area contributed by atoms with E-state index in [2.05, 4.69) is 40.4 Å². The van der Waals surface area contributed by atoms with E-state index < -0.39 is 0 Å². The van der Waals surface area contributed by atoms with Crippen LogP contribution in [-0.4, -0.2) is 46.7 Å². The second-order valence-corrected chi connectivity index (χ2v) is 6.78. The number of nitrogens with one attached hydrogen (secondary N) is 1. The molecule has 1 aromatic heterocycles. The Hall–Kier alpha value is -2.47. The molecule has 1 N–H and O–H groups in total. The van der Waals surface area contributed by atoms with Crippen molar-refractivity contribution in [3.63, 3.8) is 0 Å². The second kappa shape index (κ2) is 6.80. The highest BCUT2D eigenvalue weighted by Gasteiger charge is 2.23. The third-order valence-electron chi connectivity index (χ3n) is 4.78. The van der Waals surface area contributed by atoms with Gasteiger partial charge in [0.25, 0.3) is 5.91 Å². The summed E-state index contributed by atoms with van der Waals surface area (Å²) in [4.78, 5) is 22.7. The molecule has 2 aromatic rings. The predicted octanol–water partition coefficient (Wildman–Crippen LogP) is 2.18. The first-order chi connectivity index (χ1) is 12.2. The SMILES string of the molecule is Cc1ccc2c(c1)CC(Nc1ncc(C(=O)N3CCCOC3)cn1)C2. The maximum Gasteiger partial charge on any atom is 0.258 e. The molecule has 1 aliphatic carbocycles. The molecule has 0 saturated carbocycles. The number of hydrogen-bond donors (Lipinski definition) is 1. The van der Waals surface area contributed by atoms with Gasteiger partial charge in [0.1, 0.15) is 6.73 Å². The third-order valence-corrected chi connectivity index (χ3v) is 4.78. The molecule has 4 rings (SSSR count). The fraction of sp³-hybridized carbons (Fsp3) is 0.421. The predicted molar refractivity (Wildman–Crippen MR) is 94.5 cm³/mol. The Morgan fingerprint density at radius 1 is 1.24 bits per heavy atom. The monoisotopic (exact) mass is 338 g/mol. The van der Waals surface area contributed by atoms with Crippen molar-refractivity contribution in [1.82, 2.24) is 14.9 Å². The summed E-state index contributed by atoms with van der Waals surface area (Å²) in [7, 11) is 0. The quantitative estimate of drug-likeness (QED) is 0.929. The molecular weight excluding hydrogens is 316 g/mol. The number of nitrogens with zero attached hydrogens (tertiary/aromatic N) is 3. The minimum atomic E-state index is -0.0741. The molecule has 25 heavy (non-hydrogen) atoms. The molecule has 1 aromatic carbocycles. The molecule has 1 unspecified atom stereocenters. The van der Waals surface area contributed by atoms with Gasteiger partial charge < -0.3 is 15.0 Å². The van der Waals surface area contributed by atoms with E-state index in [4.69, 9.17) is 4.74 Å². The molecule has 2 heterocycles. The van der Waals surface area contributed by atoms with E-state index in [1.807, 2.05) is 0 Å². The maximum absolute atomic E-state index is 12.4. The van der Waals surface area contributed by atoms with Gasteiger partial charge in [-0.3, -0.25) is 4.79 Å². The van der Waals surface area contributed by atoms with Crippen LogP contribution in [0.25, 0.3) is 0 Å². The van der Waals surface area contributed by atoms with Crippen LogP contribution < -0.4 is 5.32 Å². The van der Waals surface area contributed by atoms with E-state index in [0.29, 0.717) is 30.9 Å². The van der Waals surface area contributed by atoms with Crippen LogP contribution in [0.1, 0.15) is 33.5 Å². The lowest BCUT2D eigenvalue weighted by atomic mass is 10.1. The van der Waals surface area contributed by atoms with Gasteiger partial charge in [0.05, 0.1) is 12.2 Å². The van der Waals surface area contributed by atoms with Crippen LogP contribution in [-0.2, 0) is 17.6 Å². The summed E-state index contributed by atoms with van der Waals surface area (Å²) in [6.07, 6.45) is 6.02. The van der Waals surface area contributed by atoms with Crippen molar-refractivity contribution in [2.45, 2.75) is 32.2 Å². The largest absolute Gasteiger partial charge is 0.361 e. The highest BCUT2D eigenvalue weighted by molar-refractivity contribution is 5.93. The fourth-order valence-electron chi connectivity index (χ4n) is 3.48. The molecule has 6 nitrogen and oxygen atoms in total. The molecule has 6 heteroatoms. The number of benzene rings is 1. The van der Waals surface area contributed by atoms with Crippen molar-refractivity contribution < 1.29 is 9.53 Å². The fourth-order valence-corrected chi connectivity index (χ4v) is 3.48. The van der Waals surface area contributed by atoms with Crippen molar-refractivity contribution in [2.75, 3.05) is 25.2 Å². The summed E-state index contributed by atoms with van der Waals surface area (Å²) in [5.41, 5.74) is 4.58. The van der Waals surface area contributed by atoms with Gasteiger partial charge in [-0.05, 0) is 37.3 Å². The average molecular weight is 338 g/mol. The number of amides is 1. The molecule has 0 spiro atoms. The van der Waals surface area contributed by atoms with Gasteiger partial charge in [-0.25, -0.2) is 9.97 Å². The van der Waals surface area contributed by atoms with Gasteiger partial charge in [0.2, 0.25) is 5.95 Å². The minimum absolute atomic E-state index is 0.0741. The summed E-state index contributed by atoms with van der Waals surface area (Å²) >= 11 is 0. The first-order valence-electron chi connectivity index (χ1n) is 8.73. The molecule has 1 fully saturated rings. The molecule has 1 amide bonds. The minimum Gasteiger partial charge on any atom is -0.361 e. The number of hydrogen-bond acceptors (Lipinski definition) is 5. The normalized spacial score (nSPS) is 19.6. The lowest BCUT2D eigenvalue weighted by Crippen LogP contribution is -2.38. The summed E-state index contributed by atoms with van der Waals surface area (Å²) in [5, 5.41) is 3.38. The Morgan fingerprint density at radius 3 is 2.80 bits per heavy atom. The summed E-state index contributed by atoms with van der Waals surface area (Å²) in [6.45, 7) is 3.90. The van der Waals surface area contributed by atoms with Crippen LogP contribution in [0.2, 0.25) is 0 Å². The van der Waals surface area contributed by atoms with Gasteiger partial charge >= 0.3 is 0 Å². The van der Waals surface area contributed by atoms with E-state index in [0.717, 1.165) is 25.8 Å². The molecule has 2 aliphatic rings. The number of ether oxygens (including phenoxy) is 1. The van der Waals surface area contributed by atoms with E-state index in [-0.39, 0.29) is 5.91 Å². The number of carbonyl (C=O) groups excluding carboxylic acids is 1. The number of carbonyl (C=O) groups is 1. The maximum atomic E-state index is 12.4. The van der Waals surface area contributed by atoms with E-state index in [1.165, 1.54) is 16.7 Å². The van der Waals surface area contributed by atoms with E-state index >= 15 is 0 Å². The average Bonchev–Trinajstić information content (AvgIpc) is 3.04. The third kappa shape index (κ3) is 3.49. The van der Waals surface area contributed by atoms with E-state index in [9.17, 15) is 4.79 Å². The first-order valence-corrected chi connectivity index (χ1v) is 8.73. The highest BCUT2D eigenvalue weighted by atomic mass is 16.5. The van der Waals surface area contributed by atoms with Gasteiger partial charge in [-0.2, -0.15) is 0 Å². The molecule has 0 radical (unpaired) electrons. The van der Waals surface area contributed by atoms with Crippen LogP contribution in [0.15, 0.2) is 30.6 Å². The molecular formula is C19H22N4O2. The Balaban J connectivity index is 1.39. The molecule has 1 atom stereocenters. The number of anilines is 1. The van der Waals surface area contributed by atoms with E-state index in [1.54, 1.807) is 17.3 Å². The number of aryl methyl sites for hydroxylation is 1. The zero-order valence-electron chi connectivity index (χ0n) is 14.4. The van der Waals surface area contributed by atoms with Crippen LogP contribution in [0.3, 0.4) is 0 Å². The molecule has 130 valence electrons. The van der Waals surface area contributed by atoms with Crippen molar-refractivity contribution in [3.8, 4) is 0 Å². The van der Waals surface area contributed by atoms with Gasteiger partial charge in [0, 0.05) is 25.0 Å². The Labute approximate surface area is 147 Å². The molecule has 1 saturated heterocycles. The van der Waals surface area contributed by atoms with Gasteiger partial charge in [-0.1, -0.05) is 23.8 Å². The number of fused-ring (bicyclic) bond motifs is 1. The Kier molecular flexibility index (Phi) is 4.36. The van der Waals surface area contributed by atoms with Crippen LogP contribution >= 0.6 is 0 Å². The summed E-state index contributed by atoms with van der Waals surface area (Å²) in [5.74, 6) is 0.496. The van der Waals surface area contributed by atoms with Crippen LogP contribution in [0.5, 0.6) is 0 Å². The van der Waals surface area contributed by atoms with Crippen molar-refractivity contribution in [1.29, 1.82) is 0 Å². The topological polar surface area (TPSA) is 67.4 Å². The van der Waals surface area contributed by atoms with Crippen molar-refractivity contribution in [2.24, 2.45) is 0 Å². The van der Waals surface area contributed by atoms with Crippen molar-refractivity contribution >= 4 is 11.9 Å². The zero-order chi connectivity index (χ0) is 17.2. The molecule has 1 aliphatic heterocycles. The smallest absolute Gasteiger partial charge is 0.258 e. The zero-order valence-corrected chi connectivity index (χ0v) is 14.4. The number of aromatic nitrogens is 2. The lowest BCUT2D eigenvalue weighted by molar-refractivity contribution is -0.00575. The first kappa shape index (κ1) is 16.0. The van der Waals surface area contributed by atoms with Gasteiger partial charge in [0.15, 0.2) is 0 Å². The number of rotatable bonds is 3. The standard InChI is InChI=1S/C19H22N4O2/c1-13-3-4-14-8-17(9-15(14)7-13)22-19-20-10-16(11-21-19)18(24)23-5-2-6-25-12-23/h3-4,7,10-11,17H,2,5-6,8-9,12H2,1H3,(H,20,21,22).